The summed E-state index contributed by atoms with van der Waals surface area (Å²) in [6, 6.07) is 0. The number of amides is 1. The predicted octanol–water partition coefficient (Wildman–Crippen LogP) is -0.0414. The van der Waals surface area contributed by atoms with Crippen LogP contribution in [0, 0.1) is 0 Å². The van der Waals surface area contributed by atoms with E-state index in [0.717, 1.165) is 6.54 Å². The molecule has 0 aromatic carbocycles. The van der Waals surface area contributed by atoms with Crippen molar-refractivity contribution in [2.45, 2.75) is 13.3 Å². The fraction of sp³-hybridized carbons (Fsp3) is 0.833. The van der Waals surface area contributed by atoms with Crippen molar-refractivity contribution in [3.63, 3.8) is 0 Å². The van der Waals surface area contributed by atoms with E-state index >= 15 is 0 Å². The van der Waals surface area contributed by atoms with Gasteiger partial charge in [-0.05, 0) is 6.92 Å². The van der Waals surface area contributed by atoms with Crippen molar-refractivity contribution in [3.8, 4) is 0 Å². The first-order valence-corrected chi connectivity index (χ1v) is 6.51. The molecule has 1 amide bonds. The van der Waals surface area contributed by atoms with Gasteiger partial charge in [0.2, 0.25) is 5.91 Å². The van der Waals surface area contributed by atoms with E-state index in [2.05, 4.69) is 20.9 Å². The molecule has 8 heteroatoms. The Balaban J connectivity index is 0. The fourth-order valence-electron chi connectivity index (χ4n) is 1.27. The molecule has 0 rings (SSSR count). The summed E-state index contributed by atoms with van der Waals surface area (Å²) in [6.07, 6.45) is 0.401. The molecule has 0 aromatic heterocycles. The van der Waals surface area contributed by atoms with Gasteiger partial charge in [-0.25, -0.2) is 0 Å². The molecule has 120 valence electrons. The van der Waals surface area contributed by atoms with Crippen molar-refractivity contribution < 1.29 is 14.3 Å². The fourth-order valence-corrected chi connectivity index (χ4v) is 1.27. The van der Waals surface area contributed by atoms with Crippen LogP contribution in [-0.2, 0) is 14.3 Å². The Morgan fingerprint density at radius 1 is 1.05 bits per heavy atom. The van der Waals surface area contributed by atoms with E-state index in [9.17, 15) is 4.79 Å². The lowest BCUT2D eigenvalue weighted by Gasteiger charge is -2.11. The van der Waals surface area contributed by atoms with Crippen LogP contribution in [-0.4, -0.2) is 65.5 Å². The Kier molecular flexibility index (Phi) is 17.8. The minimum Gasteiger partial charge on any atom is -0.383 e. The van der Waals surface area contributed by atoms with Gasteiger partial charge in [0.25, 0.3) is 0 Å². The predicted molar refractivity (Wildman–Crippen MR) is 90.8 cm³/mol. The number of nitrogens with one attached hydrogen (secondary N) is 3. The van der Waals surface area contributed by atoms with Crippen LogP contribution in [0.4, 0.5) is 0 Å². The number of hydrogen-bond donors (Lipinski definition) is 3. The number of rotatable bonds is 10. The highest BCUT2D eigenvalue weighted by atomic mass is 127. The van der Waals surface area contributed by atoms with E-state index in [-0.39, 0.29) is 29.9 Å². The molecular weight excluding hydrogens is 375 g/mol. The average Bonchev–Trinajstić information content (AvgIpc) is 2.39. The van der Waals surface area contributed by atoms with Crippen LogP contribution in [0.3, 0.4) is 0 Å². The van der Waals surface area contributed by atoms with Crippen LogP contribution < -0.4 is 16.0 Å². The lowest BCUT2D eigenvalue weighted by molar-refractivity contribution is -0.121. The van der Waals surface area contributed by atoms with Crippen molar-refractivity contribution >= 4 is 35.8 Å². The van der Waals surface area contributed by atoms with Gasteiger partial charge in [-0.2, -0.15) is 0 Å². The minimum atomic E-state index is -0.00251. The molecule has 0 bridgehead atoms. The van der Waals surface area contributed by atoms with Gasteiger partial charge >= 0.3 is 0 Å². The zero-order valence-corrected chi connectivity index (χ0v) is 14.9. The lowest BCUT2D eigenvalue weighted by atomic mass is 10.4. The highest BCUT2D eigenvalue weighted by molar-refractivity contribution is 14.0. The normalized spacial score (nSPS) is 10.7. The topological polar surface area (TPSA) is 84.0 Å². The lowest BCUT2D eigenvalue weighted by Crippen LogP contribution is -2.39. The maximum atomic E-state index is 11.4. The highest BCUT2D eigenvalue weighted by Gasteiger charge is 2.01. The summed E-state index contributed by atoms with van der Waals surface area (Å²) in [7, 11) is 3.24. The second-order valence-corrected chi connectivity index (χ2v) is 3.77. The van der Waals surface area contributed by atoms with Crippen molar-refractivity contribution in [2.24, 2.45) is 4.99 Å². The molecule has 0 heterocycles. The van der Waals surface area contributed by atoms with E-state index in [1.807, 2.05) is 6.92 Å². The molecule has 0 saturated heterocycles. The van der Waals surface area contributed by atoms with Gasteiger partial charge < -0.3 is 25.4 Å². The van der Waals surface area contributed by atoms with Gasteiger partial charge in [0.05, 0.1) is 19.8 Å². The van der Waals surface area contributed by atoms with Crippen molar-refractivity contribution in [3.05, 3.63) is 0 Å². The second-order valence-electron chi connectivity index (χ2n) is 3.77. The van der Waals surface area contributed by atoms with Crippen LogP contribution in [0.1, 0.15) is 13.3 Å². The van der Waals surface area contributed by atoms with Crippen LogP contribution in [0.25, 0.3) is 0 Å². The van der Waals surface area contributed by atoms with E-state index in [4.69, 9.17) is 9.47 Å². The SMILES string of the molecule is CCNC(=NCCOC)NCCC(=O)NCCOC.I. The van der Waals surface area contributed by atoms with Crippen LogP contribution >= 0.6 is 24.0 Å². The number of guanidine groups is 1. The summed E-state index contributed by atoms with van der Waals surface area (Å²) in [5, 5.41) is 8.95. The van der Waals surface area contributed by atoms with Crippen LogP contribution in [0.15, 0.2) is 4.99 Å². The summed E-state index contributed by atoms with van der Waals surface area (Å²) in [4.78, 5) is 15.7. The highest BCUT2D eigenvalue weighted by Crippen LogP contribution is 1.80. The number of aliphatic imine (C=N–C) groups is 1. The van der Waals surface area contributed by atoms with E-state index in [1.54, 1.807) is 14.2 Å². The van der Waals surface area contributed by atoms with Gasteiger partial charge in [-0.15, -0.1) is 24.0 Å². The Hall–Kier alpha value is -0.610. The van der Waals surface area contributed by atoms with Gasteiger partial charge in [-0.1, -0.05) is 0 Å². The van der Waals surface area contributed by atoms with Crippen LogP contribution in [0.5, 0.6) is 0 Å². The molecule has 0 unspecified atom stereocenters. The molecule has 0 spiro atoms. The van der Waals surface area contributed by atoms with Gasteiger partial charge in [-0.3, -0.25) is 9.79 Å². The van der Waals surface area contributed by atoms with Crippen molar-refractivity contribution in [2.75, 3.05) is 53.6 Å². The summed E-state index contributed by atoms with van der Waals surface area (Å²) >= 11 is 0. The van der Waals surface area contributed by atoms with E-state index < -0.39 is 0 Å². The van der Waals surface area contributed by atoms with Gasteiger partial charge in [0.1, 0.15) is 0 Å². The third kappa shape index (κ3) is 13.8. The second kappa shape index (κ2) is 16.4. The maximum absolute atomic E-state index is 11.4. The summed E-state index contributed by atoms with van der Waals surface area (Å²) < 4.78 is 9.78. The minimum absolute atomic E-state index is 0. The maximum Gasteiger partial charge on any atom is 0.221 e. The quantitative estimate of drug-likeness (QED) is 0.207. The Labute approximate surface area is 138 Å². The zero-order chi connectivity index (χ0) is 14.3. The molecule has 20 heavy (non-hydrogen) atoms. The standard InChI is InChI=1S/C12H26N4O3.HI/c1-4-13-12(16-8-10-19-3)15-6-5-11(17)14-7-9-18-2;/h4-10H2,1-3H3,(H,14,17)(H2,13,15,16);1H. The first-order valence-electron chi connectivity index (χ1n) is 6.51. The molecule has 0 saturated carbocycles. The third-order valence-corrected chi connectivity index (χ3v) is 2.18. The van der Waals surface area contributed by atoms with Crippen LogP contribution in [0.2, 0.25) is 0 Å². The number of ether oxygens (including phenoxy) is 2. The van der Waals surface area contributed by atoms with E-state index in [1.165, 1.54) is 0 Å². The average molecular weight is 402 g/mol. The number of nitrogens with zero attached hydrogens (tertiary/aromatic N) is 1. The van der Waals surface area contributed by atoms with Gasteiger partial charge in [0, 0.05) is 40.3 Å². The molecule has 3 N–H and O–H groups in total. The summed E-state index contributed by atoms with van der Waals surface area (Å²) in [6.45, 7) is 5.54. The zero-order valence-electron chi connectivity index (χ0n) is 12.5. The molecule has 0 aliphatic rings. The van der Waals surface area contributed by atoms with Crippen molar-refractivity contribution in [1.82, 2.24) is 16.0 Å². The molecule has 7 nitrogen and oxygen atoms in total. The monoisotopic (exact) mass is 402 g/mol. The Morgan fingerprint density at radius 2 is 1.75 bits per heavy atom. The summed E-state index contributed by atoms with van der Waals surface area (Å²) in [5.41, 5.74) is 0. The third-order valence-electron chi connectivity index (χ3n) is 2.18. The molecule has 0 aliphatic carbocycles. The molecule has 0 atom stereocenters. The molecular formula is C12H27IN4O3. The number of carbonyl (C=O) groups is 1. The largest absolute Gasteiger partial charge is 0.383 e. The smallest absolute Gasteiger partial charge is 0.221 e. The van der Waals surface area contributed by atoms with Gasteiger partial charge in [0.15, 0.2) is 5.96 Å². The molecule has 0 radical (unpaired) electrons. The first-order chi connectivity index (χ1) is 9.24. The number of halogens is 1. The van der Waals surface area contributed by atoms with E-state index in [0.29, 0.717) is 45.2 Å². The molecule has 0 fully saturated rings. The Bertz CT molecular complexity index is 265. The summed E-state index contributed by atoms with van der Waals surface area (Å²) in [5.74, 6) is 0.696. The number of methoxy groups -OCH3 is 2. The molecule has 0 aromatic rings. The Morgan fingerprint density at radius 3 is 2.35 bits per heavy atom. The molecule has 0 aliphatic heterocycles. The number of carbonyl (C=O) groups excluding carboxylic acids is 1. The number of hydrogen-bond acceptors (Lipinski definition) is 4. The first kappa shape index (κ1) is 21.7. The van der Waals surface area contributed by atoms with Crippen molar-refractivity contribution in [1.29, 1.82) is 0 Å².